The molecule has 4 nitrogen and oxygen atoms in total. The highest BCUT2D eigenvalue weighted by molar-refractivity contribution is 5.95. The summed E-state index contributed by atoms with van der Waals surface area (Å²) < 4.78 is 0. The summed E-state index contributed by atoms with van der Waals surface area (Å²) in [6.45, 7) is 1.31. The number of hydrogen-bond donors (Lipinski definition) is 1. The number of nitrogens with zero attached hydrogens (tertiary/aromatic N) is 2. The van der Waals surface area contributed by atoms with E-state index < -0.39 is 0 Å². The van der Waals surface area contributed by atoms with Gasteiger partial charge in [0.1, 0.15) is 5.69 Å². The molecule has 2 heterocycles. The van der Waals surface area contributed by atoms with Crippen molar-refractivity contribution in [1.82, 2.24) is 9.88 Å². The predicted octanol–water partition coefficient (Wildman–Crippen LogP) is 2.58. The Bertz CT molecular complexity index is 641. The molecular weight excluding hydrogens is 262 g/mol. The van der Waals surface area contributed by atoms with E-state index >= 15 is 0 Å². The second-order valence-electron chi connectivity index (χ2n) is 5.63. The van der Waals surface area contributed by atoms with E-state index in [9.17, 15) is 4.79 Å². The molecule has 0 aliphatic carbocycles. The number of benzene rings is 1. The summed E-state index contributed by atoms with van der Waals surface area (Å²) in [5, 5.41) is 1.06. The van der Waals surface area contributed by atoms with Gasteiger partial charge >= 0.3 is 0 Å². The molecule has 0 saturated carbocycles. The highest BCUT2D eigenvalue weighted by Gasteiger charge is 2.26. The van der Waals surface area contributed by atoms with Crippen LogP contribution in [0, 0.1) is 0 Å². The molecule has 2 N–H and O–H groups in total. The van der Waals surface area contributed by atoms with Crippen molar-refractivity contribution in [2.75, 3.05) is 13.1 Å². The minimum absolute atomic E-state index is 0.0121. The number of amides is 1. The number of carbonyl (C=O) groups excluding carboxylic acids is 1. The molecule has 1 aromatic carbocycles. The third-order valence-electron chi connectivity index (χ3n) is 4.23. The zero-order valence-corrected chi connectivity index (χ0v) is 12.2. The van der Waals surface area contributed by atoms with Gasteiger partial charge in [0.15, 0.2) is 0 Å². The van der Waals surface area contributed by atoms with Gasteiger partial charge in [-0.3, -0.25) is 4.79 Å². The zero-order valence-electron chi connectivity index (χ0n) is 12.2. The van der Waals surface area contributed by atoms with Gasteiger partial charge in [0.2, 0.25) is 0 Å². The van der Waals surface area contributed by atoms with Crippen molar-refractivity contribution < 1.29 is 4.79 Å². The topological polar surface area (TPSA) is 59.2 Å². The van der Waals surface area contributed by atoms with Gasteiger partial charge < -0.3 is 10.6 Å². The van der Waals surface area contributed by atoms with Crippen LogP contribution in [0.2, 0.25) is 0 Å². The number of aromatic nitrogens is 1. The van der Waals surface area contributed by atoms with Crippen molar-refractivity contribution in [3.05, 3.63) is 42.1 Å². The van der Waals surface area contributed by atoms with E-state index in [1.165, 1.54) is 6.42 Å². The lowest BCUT2D eigenvalue weighted by Crippen LogP contribution is -2.44. The second kappa shape index (κ2) is 6.22. The van der Waals surface area contributed by atoms with Crippen molar-refractivity contribution in [3.63, 3.8) is 0 Å². The number of para-hydroxylation sites is 1. The number of pyridine rings is 1. The molecule has 1 atom stereocenters. The number of rotatable bonds is 2. The van der Waals surface area contributed by atoms with E-state index in [-0.39, 0.29) is 11.9 Å². The SMILES string of the molecule is NCC1CCCCCN1C(=O)c1ccc2ccccc2n1. The summed E-state index contributed by atoms with van der Waals surface area (Å²) in [5.41, 5.74) is 7.24. The minimum atomic E-state index is 0.0121. The van der Waals surface area contributed by atoms with Gasteiger partial charge in [0, 0.05) is 24.5 Å². The first-order valence-electron chi connectivity index (χ1n) is 7.66. The van der Waals surface area contributed by atoms with Gasteiger partial charge in [-0.15, -0.1) is 0 Å². The maximum Gasteiger partial charge on any atom is 0.272 e. The molecule has 1 aliphatic heterocycles. The molecule has 1 aliphatic rings. The van der Waals surface area contributed by atoms with E-state index in [0.29, 0.717) is 12.2 Å². The molecule has 4 heteroatoms. The van der Waals surface area contributed by atoms with Crippen molar-refractivity contribution in [2.45, 2.75) is 31.7 Å². The number of likely N-dealkylation sites (tertiary alicyclic amines) is 1. The molecule has 1 unspecified atom stereocenters. The largest absolute Gasteiger partial charge is 0.333 e. The minimum Gasteiger partial charge on any atom is -0.333 e. The Morgan fingerprint density at radius 1 is 1.19 bits per heavy atom. The molecule has 1 saturated heterocycles. The quantitative estimate of drug-likeness (QED) is 0.921. The molecule has 110 valence electrons. The second-order valence-corrected chi connectivity index (χ2v) is 5.63. The summed E-state index contributed by atoms with van der Waals surface area (Å²) in [4.78, 5) is 19.2. The first kappa shape index (κ1) is 14.0. The Hall–Kier alpha value is -1.94. The van der Waals surface area contributed by atoms with E-state index in [1.807, 2.05) is 41.3 Å². The van der Waals surface area contributed by atoms with Gasteiger partial charge in [0.05, 0.1) is 5.52 Å². The van der Waals surface area contributed by atoms with E-state index in [4.69, 9.17) is 5.73 Å². The Morgan fingerprint density at radius 2 is 2.05 bits per heavy atom. The normalized spacial score (nSPS) is 19.5. The van der Waals surface area contributed by atoms with Gasteiger partial charge in [-0.25, -0.2) is 4.98 Å². The standard InChI is InChI=1S/C17H21N3O/c18-12-14-7-2-1-5-11-20(14)17(21)16-10-9-13-6-3-4-8-15(13)19-16/h3-4,6,8-10,14H,1-2,5,7,11-12,18H2. The van der Waals surface area contributed by atoms with Crippen molar-refractivity contribution in [3.8, 4) is 0 Å². The highest BCUT2D eigenvalue weighted by Crippen LogP contribution is 2.19. The molecule has 3 rings (SSSR count). The van der Waals surface area contributed by atoms with Gasteiger partial charge in [-0.2, -0.15) is 0 Å². The third-order valence-corrected chi connectivity index (χ3v) is 4.23. The lowest BCUT2D eigenvalue weighted by Gasteiger charge is -2.28. The van der Waals surface area contributed by atoms with Crippen LogP contribution in [0.5, 0.6) is 0 Å². The van der Waals surface area contributed by atoms with Crippen molar-refractivity contribution in [2.24, 2.45) is 5.73 Å². The molecule has 21 heavy (non-hydrogen) atoms. The van der Waals surface area contributed by atoms with Gasteiger partial charge in [-0.05, 0) is 25.0 Å². The van der Waals surface area contributed by atoms with Gasteiger partial charge in [0.25, 0.3) is 5.91 Å². The van der Waals surface area contributed by atoms with Gasteiger partial charge in [-0.1, -0.05) is 37.1 Å². The molecule has 0 spiro atoms. The fraction of sp³-hybridized carbons (Fsp3) is 0.412. The maximum atomic E-state index is 12.8. The van der Waals surface area contributed by atoms with Crippen LogP contribution in [0.25, 0.3) is 10.9 Å². The lowest BCUT2D eigenvalue weighted by atomic mass is 10.1. The van der Waals surface area contributed by atoms with Crippen LogP contribution >= 0.6 is 0 Å². The summed E-state index contributed by atoms with van der Waals surface area (Å²) in [6.07, 6.45) is 4.37. The van der Waals surface area contributed by atoms with Crippen LogP contribution in [0.15, 0.2) is 36.4 Å². The zero-order chi connectivity index (χ0) is 14.7. The fourth-order valence-corrected chi connectivity index (χ4v) is 3.02. The summed E-state index contributed by atoms with van der Waals surface area (Å²) >= 11 is 0. The Morgan fingerprint density at radius 3 is 2.90 bits per heavy atom. The first-order chi connectivity index (χ1) is 10.3. The molecule has 0 radical (unpaired) electrons. The van der Waals surface area contributed by atoms with Crippen LogP contribution < -0.4 is 5.73 Å². The maximum absolute atomic E-state index is 12.8. The van der Waals surface area contributed by atoms with Crippen molar-refractivity contribution in [1.29, 1.82) is 0 Å². The smallest absolute Gasteiger partial charge is 0.272 e. The molecule has 2 aromatic rings. The highest BCUT2D eigenvalue weighted by atomic mass is 16.2. The molecule has 1 fully saturated rings. The first-order valence-corrected chi connectivity index (χ1v) is 7.66. The number of nitrogens with two attached hydrogens (primary N) is 1. The Balaban J connectivity index is 1.90. The fourth-order valence-electron chi connectivity index (χ4n) is 3.02. The monoisotopic (exact) mass is 283 g/mol. The van der Waals surface area contributed by atoms with E-state index in [2.05, 4.69) is 4.98 Å². The number of hydrogen-bond acceptors (Lipinski definition) is 3. The summed E-state index contributed by atoms with van der Waals surface area (Å²) in [5.74, 6) is 0.0121. The lowest BCUT2D eigenvalue weighted by molar-refractivity contribution is 0.0683. The average molecular weight is 283 g/mol. The molecule has 0 bridgehead atoms. The summed E-state index contributed by atoms with van der Waals surface area (Å²) in [7, 11) is 0. The molecule has 1 amide bonds. The van der Waals surface area contributed by atoms with Crippen LogP contribution in [0.1, 0.15) is 36.2 Å². The summed E-state index contributed by atoms with van der Waals surface area (Å²) in [6, 6.07) is 11.8. The van der Waals surface area contributed by atoms with E-state index in [1.54, 1.807) is 0 Å². The van der Waals surface area contributed by atoms with E-state index in [0.717, 1.165) is 36.7 Å². The average Bonchev–Trinajstić information content (AvgIpc) is 2.79. The van der Waals surface area contributed by atoms with Crippen LogP contribution in [0.4, 0.5) is 0 Å². The number of fused-ring (bicyclic) bond motifs is 1. The number of carbonyl (C=O) groups is 1. The third kappa shape index (κ3) is 2.90. The predicted molar refractivity (Wildman–Crippen MR) is 84.1 cm³/mol. The van der Waals surface area contributed by atoms with Crippen LogP contribution in [0.3, 0.4) is 0 Å². The Labute approximate surface area is 125 Å². The van der Waals surface area contributed by atoms with Crippen LogP contribution in [-0.4, -0.2) is 34.9 Å². The Kier molecular flexibility index (Phi) is 4.15. The molecular formula is C17H21N3O. The van der Waals surface area contributed by atoms with Crippen LogP contribution in [-0.2, 0) is 0 Å². The molecule has 1 aromatic heterocycles. The van der Waals surface area contributed by atoms with Crippen molar-refractivity contribution >= 4 is 16.8 Å².